The summed E-state index contributed by atoms with van der Waals surface area (Å²) in [6.45, 7) is 5.33. The molecule has 4 heteroatoms. The van der Waals surface area contributed by atoms with E-state index in [4.69, 9.17) is 0 Å². The van der Waals surface area contributed by atoms with Gasteiger partial charge < -0.3 is 10.4 Å². The molecule has 0 bridgehead atoms. The lowest BCUT2D eigenvalue weighted by molar-refractivity contribution is -0.122. The van der Waals surface area contributed by atoms with Gasteiger partial charge in [0.1, 0.15) is 0 Å². The number of benzene rings is 1. The van der Waals surface area contributed by atoms with Gasteiger partial charge in [0.25, 0.3) is 0 Å². The molecule has 3 unspecified atom stereocenters. The van der Waals surface area contributed by atoms with Crippen molar-refractivity contribution in [1.29, 1.82) is 0 Å². The number of rotatable bonds is 7. The minimum atomic E-state index is -0.194. The van der Waals surface area contributed by atoms with Crippen molar-refractivity contribution in [2.45, 2.75) is 51.7 Å². The number of nitrogens with zero attached hydrogens (tertiary/aromatic N) is 1. The summed E-state index contributed by atoms with van der Waals surface area (Å²) in [6.07, 6.45) is 3.72. The molecule has 1 aliphatic carbocycles. The molecule has 0 aromatic heterocycles. The molecular formula is C19H30N2O2. The number of aryl methyl sites for hydroxylation is 1. The van der Waals surface area contributed by atoms with Crippen LogP contribution in [0.2, 0.25) is 0 Å². The summed E-state index contributed by atoms with van der Waals surface area (Å²) in [5.74, 6) is 0.373. The average molecular weight is 318 g/mol. The van der Waals surface area contributed by atoms with Gasteiger partial charge in [-0.3, -0.25) is 9.69 Å². The van der Waals surface area contributed by atoms with Crippen LogP contribution in [0.25, 0.3) is 0 Å². The zero-order valence-electron chi connectivity index (χ0n) is 14.6. The molecule has 2 N–H and O–H groups in total. The Balaban J connectivity index is 1.74. The standard InChI is InChI=1S/C19H30N2O2/c1-14-7-4-5-8-16(14)11-15(2)20-19(23)13-21(3)12-17-9-6-10-18(17)22/h4-5,7-8,15,17-18,22H,6,9-13H2,1-3H3,(H,20,23). The largest absolute Gasteiger partial charge is 0.393 e. The number of amides is 1. The highest BCUT2D eigenvalue weighted by Crippen LogP contribution is 2.25. The lowest BCUT2D eigenvalue weighted by Crippen LogP contribution is -2.42. The van der Waals surface area contributed by atoms with E-state index in [1.54, 1.807) is 0 Å². The fourth-order valence-corrected chi connectivity index (χ4v) is 3.48. The van der Waals surface area contributed by atoms with Crippen molar-refractivity contribution in [2.75, 3.05) is 20.1 Å². The number of hydrogen-bond donors (Lipinski definition) is 2. The summed E-state index contributed by atoms with van der Waals surface area (Å²) >= 11 is 0. The zero-order chi connectivity index (χ0) is 16.8. The monoisotopic (exact) mass is 318 g/mol. The minimum absolute atomic E-state index is 0.0565. The van der Waals surface area contributed by atoms with E-state index in [2.05, 4.69) is 24.4 Å². The molecule has 1 aromatic carbocycles. The Labute approximate surface area is 139 Å². The first-order valence-corrected chi connectivity index (χ1v) is 8.66. The molecule has 0 radical (unpaired) electrons. The van der Waals surface area contributed by atoms with Crippen molar-refractivity contribution in [2.24, 2.45) is 5.92 Å². The SMILES string of the molecule is Cc1ccccc1CC(C)NC(=O)CN(C)CC1CCCC1O. The van der Waals surface area contributed by atoms with Gasteiger partial charge >= 0.3 is 0 Å². The Morgan fingerprint density at radius 3 is 2.78 bits per heavy atom. The van der Waals surface area contributed by atoms with Gasteiger partial charge in [-0.25, -0.2) is 0 Å². The average Bonchev–Trinajstić information content (AvgIpc) is 2.86. The van der Waals surface area contributed by atoms with Gasteiger partial charge in [0, 0.05) is 12.6 Å². The van der Waals surface area contributed by atoms with Crippen LogP contribution in [-0.4, -0.2) is 48.2 Å². The van der Waals surface area contributed by atoms with Crippen LogP contribution in [0.1, 0.15) is 37.3 Å². The van der Waals surface area contributed by atoms with Crippen LogP contribution < -0.4 is 5.32 Å². The van der Waals surface area contributed by atoms with E-state index in [1.165, 1.54) is 11.1 Å². The molecule has 128 valence electrons. The molecule has 1 aromatic rings. The van der Waals surface area contributed by atoms with E-state index in [0.29, 0.717) is 12.5 Å². The molecule has 0 spiro atoms. The van der Waals surface area contributed by atoms with Crippen LogP contribution in [0, 0.1) is 12.8 Å². The Morgan fingerprint density at radius 2 is 2.13 bits per heavy atom. The van der Waals surface area contributed by atoms with Crippen LogP contribution in [0.4, 0.5) is 0 Å². The Morgan fingerprint density at radius 1 is 1.39 bits per heavy atom. The Bertz CT molecular complexity index is 518. The second kappa shape index (κ2) is 8.46. The molecule has 0 saturated heterocycles. The summed E-state index contributed by atoms with van der Waals surface area (Å²) in [4.78, 5) is 14.2. The molecule has 4 nitrogen and oxygen atoms in total. The molecule has 1 amide bonds. The molecular weight excluding hydrogens is 288 g/mol. The van der Waals surface area contributed by atoms with Crippen molar-refractivity contribution < 1.29 is 9.90 Å². The molecule has 3 atom stereocenters. The normalized spacial score (nSPS) is 22.3. The number of carbonyl (C=O) groups is 1. The summed E-state index contributed by atoms with van der Waals surface area (Å²) in [7, 11) is 1.95. The number of aliphatic hydroxyl groups is 1. The molecule has 23 heavy (non-hydrogen) atoms. The Hall–Kier alpha value is -1.39. The van der Waals surface area contributed by atoms with Gasteiger partial charge in [-0.15, -0.1) is 0 Å². The van der Waals surface area contributed by atoms with Crippen LogP contribution in [0.15, 0.2) is 24.3 Å². The van der Waals surface area contributed by atoms with E-state index >= 15 is 0 Å². The van der Waals surface area contributed by atoms with Crippen LogP contribution in [-0.2, 0) is 11.2 Å². The first-order valence-electron chi connectivity index (χ1n) is 8.66. The van der Waals surface area contributed by atoms with Gasteiger partial charge in [-0.2, -0.15) is 0 Å². The lowest BCUT2D eigenvalue weighted by Gasteiger charge is -2.23. The lowest BCUT2D eigenvalue weighted by atomic mass is 10.0. The summed E-state index contributed by atoms with van der Waals surface area (Å²) in [5.41, 5.74) is 2.55. The van der Waals surface area contributed by atoms with Crippen molar-refractivity contribution >= 4 is 5.91 Å². The smallest absolute Gasteiger partial charge is 0.234 e. The minimum Gasteiger partial charge on any atom is -0.393 e. The van der Waals surface area contributed by atoms with Crippen LogP contribution in [0.3, 0.4) is 0 Å². The topological polar surface area (TPSA) is 52.6 Å². The molecule has 1 saturated carbocycles. The van der Waals surface area contributed by atoms with E-state index in [-0.39, 0.29) is 18.1 Å². The second-order valence-corrected chi connectivity index (χ2v) is 7.05. The van der Waals surface area contributed by atoms with Gasteiger partial charge in [0.2, 0.25) is 5.91 Å². The maximum Gasteiger partial charge on any atom is 0.234 e. The molecule has 0 aliphatic heterocycles. The molecule has 1 fully saturated rings. The van der Waals surface area contributed by atoms with E-state index < -0.39 is 0 Å². The molecule has 1 aliphatic rings. The predicted molar refractivity (Wildman–Crippen MR) is 93.3 cm³/mol. The zero-order valence-corrected chi connectivity index (χ0v) is 14.6. The third kappa shape index (κ3) is 5.63. The quantitative estimate of drug-likeness (QED) is 0.810. The van der Waals surface area contributed by atoms with Crippen molar-refractivity contribution in [1.82, 2.24) is 10.2 Å². The molecule has 2 rings (SSSR count). The summed E-state index contributed by atoms with van der Waals surface area (Å²) < 4.78 is 0. The highest BCUT2D eigenvalue weighted by atomic mass is 16.3. The second-order valence-electron chi connectivity index (χ2n) is 7.05. The molecule has 0 heterocycles. The van der Waals surface area contributed by atoms with Gasteiger partial charge in [0.15, 0.2) is 0 Å². The van der Waals surface area contributed by atoms with E-state index in [0.717, 1.165) is 32.2 Å². The first-order chi connectivity index (χ1) is 11.0. The predicted octanol–water partition coefficient (Wildman–Crippen LogP) is 2.14. The van der Waals surface area contributed by atoms with Crippen molar-refractivity contribution in [3.8, 4) is 0 Å². The highest BCUT2D eigenvalue weighted by molar-refractivity contribution is 5.78. The van der Waals surface area contributed by atoms with Gasteiger partial charge in [-0.05, 0) is 57.2 Å². The number of likely N-dealkylation sites (N-methyl/N-ethyl adjacent to an activating group) is 1. The van der Waals surface area contributed by atoms with Crippen LogP contribution in [0.5, 0.6) is 0 Å². The fourth-order valence-electron chi connectivity index (χ4n) is 3.48. The maximum absolute atomic E-state index is 12.2. The van der Waals surface area contributed by atoms with E-state index in [9.17, 15) is 9.90 Å². The number of aliphatic hydroxyl groups excluding tert-OH is 1. The fraction of sp³-hybridized carbons (Fsp3) is 0.632. The van der Waals surface area contributed by atoms with Gasteiger partial charge in [0.05, 0.1) is 12.6 Å². The van der Waals surface area contributed by atoms with Crippen molar-refractivity contribution in [3.63, 3.8) is 0 Å². The number of hydrogen-bond acceptors (Lipinski definition) is 3. The third-order valence-electron chi connectivity index (χ3n) is 4.77. The highest BCUT2D eigenvalue weighted by Gasteiger charge is 2.26. The first kappa shape index (κ1) is 18.0. The maximum atomic E-state index is 12.2. The number of nitrogens with one attached hydrogen (secondary N) is 1. The van der Waals surface area contributed by atoms with Crippen LogP contribution >= 0.6 is 0 Å². The Kier molecular flexibility index (Phi) is 6.60. The third-order valence-corrected chi connectivity index (χ3v) is 4.77. The van der Waals surface area contributed by atoms with Crippen molar-refractivity contribution in [3.05, 3.63) is 35.4 Å². The van der Waals surface area contributed by atoms with Gasteiger partial charge in [-0.1, -0.05) is 30.7 Å². The van der Waals surface area contributed by atoms with E-state index in [1.807, 2.05) is 31.0 Å². The number of carbonyl (C=O) groups excluding carboxylic acids is 1. The summed E-state index contributed by atoms with van der Waals surface area (Å²) in [5, 5.41) is 13.0. The summed E-state index contributed by atoms with van der Waals surface area (Å²) in [6, 6.07) is 8.41.